The molecule has 0 spiro atoms. The second kappa shape index (κ2) is 8.69. The maximum atomic E-state index is 12.6. The van der Waals surface area contributed by atoms with Gasteiger partial charge in [-0.25, -0.2) is 4.98 Å². The minimum Gasteiger partial charge on any atom is -0.348 e. The molecule has 28 heavy (non-hydrogen) atoms. The summed E-state index contributed by atoms with van der Waals surface area (Å²) in [6.07, 6.45) is 6.20. The van der Waals surface area contributed by atoms with E-state index < -0.39 is 0 Å². The molecule has 1 aromatic carbocycles. The summed E-state index contributed by atoms with van der Waals surface area (Å²) in [5, 5.41) is 3.17. The molecule has 1 unspecified atom stereocenters. The van der Waals surface area contributed by atoms with Crippen LogP contribution >= 0.6 is 0 Å². The third-order valence-electron chi connectivity index (χ3n) is 5.82. The molecule has 6 nitrogen and oxygen atoms in total. The van der Waals surface area contributed by atoms with E-state index >= 15 is 0 Å². The molecule has 1 aromatic heterocycles. The van der Waals surface area contributed by atoms with E-state index in [0.29, 0.717) is 18.9 Å². The maximum Gasteiger partial charge on any atom is 0.251 e. The number of aromatic amines is 1. The number of likely N-dealkylation sites (tertiary alicyclic amines) is 1. The smallest absolute Gasteiger partial charge is 0.251 e. The first kappa shape index (κ1) is 18.9. The number of aromatic nitrogens is 2. The molecule has 1 aliphatic heterocycles. The molecular weight excluding hydrogens is 352 g/mol. The Balaban J connectivity index is 1.51. The van der Waals surface area contributed by atoms with Gasteiger partial charge in [0, 0.05) is 18.4 Å². The zero-order valence-corrected chi connectivity index (χ0v) is 16.2. The Labute approximate surface area is 165 Å². The lowest BCUT2D eigenvalue weighted by atomic mass is 9.85. The van der Waals surface area contributed by atoms with Gasteiger partial charge in [0.05, 0.1) is 18.3 Å². The van der Waals surface area contributed by atoms with E-state index in [9.17, 15) is 9.59 Å². The normalized spacial score (nSPS) is 18.6. The fraction of sp³-hybridized carbons (Fsp3) is 0.500. The summed E-state index contributed by atoms with van der Waals surface area (Å²) < 4.78 is 0. The standard InChI is InChI=1S/C22H28N4O2/c27-20-14-18(23-22(25-20)17-9-6-10-17)13-19(16-7-2-1-3-8-16)24-21(28)15-26-11-4-5-12-26/h1-3,7-8,14,17,19H,4-6,9-13,15H2,(H,24,28)(H,23,25,27). The number of amides is 1. The van der Waals surface area contributed by atoms with Crippen LogP contribution < -0.4 is 10.9 Å². The van der Waals surface area contributed by atoms with Crippen molar-refractivity contribution in [2.75, 3.05) is 19.6 Å². The number of carbonyl (C=O) groups excluding carboxylic acids is 1. The molecule has 0 bridgehead atoms. The van der Waals surface area contributed by atoms with Crippen molar-refractivity contribution in [1.29, 1.82) is 0 Å². The number of hydrogen-bond donors (Lipinski definition) is 2. The summed E-state index contributed by atoms with van der Waals surface area (Å²) in [6.45, 7) is 2.41. The summed E-state index contributed by atoms with van der Waals surface area (Å²) in [6, 6.07) is 11.3. The van der Waals surface area contributed by atoms with Crippen molar-refractivity contribution < 1.29 is 4.79 Å². The molecule has 2 heterocycles. The highest BCUT2D eigenvalue weighted by Crippen LogP contribution is 2.34. The van der Waals surface area contributed by atoms with Crippen LogP contribution in [-0.2, 0) is 11.2 Å². The average Bonchev–Trinajstić information content (AvgIpc) is 3.13. The molecule has 1 aliphatic carbocycles. The Hall–Kier alpha value is -2.47. The van der Waals surface area contributed by atoms with Crippen LogP contribution in [0.3, 0.4) is 0 Å². The quantitative estimate of drug-likeness (QED) is 0.774. The predicted molar refractivity (Wildman–Crippen MR) is 108 cm³/mol. The van der Waals surface area contributed by atoms with Gasteiger partial charge in [-0.3, -0.25) is 14.5 Å². The van der Waals surface area contributed by atoms with Crippen molar-refractivity contribution in [2.45, 2.75) is 50.5 Å². The zero-order valence-electron chi connectivity index (χ0n) is 16.2. The SMILES string of the molecule is O=C(CN1CCCC1)NC(Cc1cc(=O)[nH]c(C2CCC2)n1)c1ccccc1. The van der Waals surface area contributed by atoms with Crippen LogP contribution in [0.4, 0.5) is 0 Å². The lowest BCUT2D eigenvalue weighted by Crippen LogP contribution is -2.38. The minimum atomic E-state index is -0.195. The van der Waals surface area contributed by atoms with Gasteiger partial charge in [0.15, 0.2) is 0 Å². The van der Waals surface area contributed by atoms with Gasteiger partial charge in [0.1, 0.15) is 5.82 Å². The topological polar surface area (TPSA) is 78.1 Å². The lowest BCUT2D eigenvalue weighted by molar-refractivity contribution is -0.122. The second-order valence-electron chi connectivity index (χ2n) is 7.97. The van der Waals surface area contributed by atoms with E-state index in [1.54, 1.807) is 6.07 Å². The summed E-state index contributed by atoms with van der Waals surface area (Å²) in [4.78, 5) is 34.6. The van der Waals surface area contributed by atoms with E-state index in [4.69, 9.17) is 4.98 Å². The number of nitrogens with one attached hydrogen (secondary N) is 2. The van der Waals surface area contributed by atoms with Crippen molar-refractivity contribution in [2.24, 2.45) is 0 Å². The van der Waals surface area contributed by atoms with Gasteiger partial charge in [0.25, 0.3) is 5.56 Å². The highest BCUT2D eigenvalue weighted by molar-refractivity contribution is 5.78. The first-order valence-electron chi connectivity index (χ1n) is 10.3. The van der Waals surface area contributed by atoms with Gasteiger partial charge in [-0.1, -0.05) is 36.8 Å². The highest BCUT2D eigenvalue weighted by atomic mass is 16.2. The van der Waals surface area contributed by atoms with E-state index in [0.717, 1.165) is 55.9 Å². The summed E-state index contributed by atoms with van der Waals surface area (Å²) in [7, 11) is 0. The maximum absolute atomic E-state index is 12.6. The van der Waals surface area contributed by atoms with Gasteiger partial charge in [-0.05, 0) is 44.3 Å². The summed E-state index contributed by atoms with van der Waals surface area (Å²) in [5.41, 5.74) is 1.66. The lowest BCUT2D eigenvalue weighted by Gasteiger charge is -2.25. The van der Waals surface area contributed by atoms with Crippen molar-refractivity contribution in [3.8, 4) is 0 Å². The van der Waals surface area contributed by atoms with E-state index in [1.165, 1.54) is 6.42 Å². The van der Waals surface area contributed by atoms with Crippen LogP contribution in [-0.4, -0.2) is 40.4 Å². The van der Waals surface area contributed by atoms with Gasteiger partial charge in [-0.15, -0.1) is 0 Å². The molecule has 1 saturated heterocycles. The van der Waals surface area contributed by atoms with Gasteiger partial charge in [0.2, 0.25) is 5.91 Å². The Morgan fingerprint density at radius 3 is 2.61 bits per heavy atom. The minimum absolute atomic E-state index is 0.0276. The van der Waals surface area contributed by atoms with E-state index in [2.05, 4.69) is 15.2 Å². The van der Waals surface area contributed by atoms with E-state index in [-0.39, 0.29) is 17.5 Å². The number of nitrogens with zero attached hydrogens (tertiary/aromatic N) is 2. The molecule has 2 aliphatic rings. The Bertz CT molecular complexity index is 854. The molecule has 1 atom stereocenters. The van der Waals surface area contributed by atoms with Gasteiger partial charge >= 0.3 is 0 Å². The Morgan fingerprint density at radius 1 is 1.18 bits per heavy atom. The highest BCUT2D eigenvalue weighted by Gasteiger charge is 2.24. The van der Waals surface area contributed by atoms with Crippen LogP contribution in [0, 0.1) is 0 Å². The van der Waals surface area contributed by atoms with Crippen LogP contribution in [0.25, 0.3) is 0 Å². The van der Waals surface area contributed by atoms with Crippen molar-refractivity contribution >= 4 is 5.91 Å². The molecule has 2 aromatic rings. The first-order valence-corrected chi connectivity index (χ1v) is 10.3. The third-order valence-corrected chi connectivity index (χ3v) is 5.82. The fourth-order valence-corrected chi connectivity index (χ4v) is 4.04. The summed E-state index contributed by atoms with van der Waals surface area (Å²) >= 11 is 0. The number of H-pyrrole nitrogens is 1. The van der Waals surface area contributed by atoms with Crippen LogP contribution in [0.5, 0.6) is 0 Å². The molecular formula is C22H28N4O2. The second-order valence-corrected chi connectivity index (χ2v) is 7.97. The number of hydrogen-bond acceptors (Lipinski definition) is 4. The van der Waals surface area contributed by atoms with Crippen molar-refractivity contribution in [3.05, 3.63) is 63.8 Å². The molecule has 0 radical (unpaired) electrons. The molecule has 1 saturated carbocycles. The largest absolute Gasteiger partial charge is 0.348 e. The Morgan fingerprint density at radius 2 is 1.93 bits per heavy atom. The monoisotopic (exact) mass is 380 g/mol. The van der Waals surface area contributed by atoms with E-state index in [1.807, 2.05) is 30.3 Å². The average molecular weight is 380 g/mol. The molecule has 4 rings (SSSR count). The van der Waals surface area contributed by atoms with Crippen LogP contribution in [0.2, 0.25) is 0 Å². The van der Waals surface area contributed by atoms with Crippen molar-refractivity contribution in [3.63, 3.8) is 0 Å². The number of carbonyl (C=O) groups is 1. The fourth-order valence-electron chi connectivity index (χ4n) is 4.04. The number of benzene rings is 1. The first-order chi connectivity index (χ1) is 13.7. The number of rotatable bonds is 7. The third kappa shape index (κ3) is 4.68. The Kier molecular flexibility index (Phi) is 5.86. The van der Waals surface area contributed by atoms with Crippen molar-refractivity contribution in [1.82, 2.24) is 20.2 Å². The van der Waals surface area contributed by atoms with Crippen LogP contribution in [0.1, 0.15) is 61.1 Å². The molecule has 2 N–H and O–H groups in total. The zero-order chi connectivity index (χ0) is 19.3. The molecule has 2 fully saturated rings. The summed E-state index contributed by atoms with van der Waals surface area (Å²) in [5.74, 6) is 1.19. The van der Waals surface area contributed by atoms with Gasteiger partial charge in [-0.2, -0.15) is 0 Å². The van der Waals surface area contributed by atoms with Gasteiger partial charge < -0.3 is 10.3 Å². The predicted octanol–water partition coefficient (Wildman–Crippen LogP) is 2.53. The molecule has 6 heteroatoms. The van der Waals surface area contributed by atoms with Crippen LogP contribution in [0.15, 0.2) is 41.2 Å². The molecule has 1 amide bonds. The molecule has 148 valence electrons.